The Kier molecular flexibility index (Phi) is 4.22. The van der Waals surface area contributed by atoms with Crippen LogP contribution in [0.15, 0.2) is 0 Å². The molecule has 3 nitrogen and oxygen atoms in total. The van der Waals surface area contributed by atoms with E-state index in [1.54, 1.807) is 0 Å². The molecule has 0 aromatic heterocycles. The number of hydrogen-bond acceptors (Lipinski definition) is 3. The van der Waals surface area contributed by atoms with Crippen molar-refractivity contribution in [2.24, 2.45) is 5.92 Å². The second-order valence-corrected chi connectivity index (χ2v) is 5.79. The zero-order chi connectivity index (χ0) is 11.5. The van der Waals surface area contributed by atoms with Crippen molar-refractivity contribution >= 4 is 0 Å². The Morgan fingerprint density at radius 2 is 1.88 bits per heavy atom. The highest BCUT2D eigenvalue weighted by atomic mass is 15.3. The van der Waals surface area contributed by atoms with Crippen LogP contribution in [0.25, 0.3) is 0 Å². The van der Waals surface area contributed by atoms with Gasteiger partial charge in [0.25, 0.3) is 0 Å². The van der Waals surface area contributed by atoms with E-state index >= 15 is 0 Å². The highest BCUT2D eigenvalue weighted by Gasteiger charge is 2.28. The Labute approximate surface area is 100 Å². The summed E-state index contributed by atoms with van der Waals surface area (Å²) in [5, 5.41) is 3.52. The van der Waals surface area contributed by atoms with Crippen LogP contribution in [-0.2, 0) is 0 Å². The molecule has 0 spiro atoms. The summed E-state index contributed by atoms with van der Waals surface area (Å²) in [5.41, 5.74) is 0. The van der Waals surface area contributed by atoms with E-state index in [1.807, 2.05) is 0 Å². The summed E-state index contributed by atoms with van der Waals surface area (Å²) in [6.45, 7) is 11.0. The molecule has 2 heterocycles. The van der Waals surface area contributed by atoms with E-state index in [0.717, 1.165) is 5.92 Å². The number of likely N-dealkylation sites (N-methyl/N-ethyl adjacent to an activating group) is 1. The average molecular weight is 225 g/mol. The molecule has 2 aliphatic rings. The molecule has 16 heavy (non-hydrogen) atoms. The van der Waals surface area contributed by atoms with Crippen LogP contribution in [0.4, 0.5) is 0 Å². The molecule has 2 fully saturated rings. The van der Waals surface area contributed by atoms with Crippen LogP contribution in [0.1, 0.15) is 26.7 Å². The van der Waals surface area contributed by atoms with Crippen molar-refractivity contribution in [2.45, 2.75) is 38.8 Å². The second kappa shape index (κ2) is 5.48. The predicted molar refractivity (Wildman–Crippen MR) is 68.7 cm³/mol. The monoisotopic (exact) mass is 225 g/mol. The SMILES string of the molecule is CC1CN(CC2CCCNC2)CC(C)N1C. The van der Waals surface area contributed by atoms with E-state index in [9.17, 15) is 0 Å². The summed E-state index contributed by atoms with van der Waals surface area (Å²) in [4.78, 5) is 5.18. The van der Waals surface area contributed by atoms with Crippen molar-refractivity contribution < 1.29 is 0 Å². The Hall–Kier alpha value is -0.120. The molecule has 2 saturated heterocycles. The van der Waals surface area contributed by atoms with Gasteiger partial charge in [0.2, 0.25) is 0 Å². The summed E-state index contributed by atoms with van der Waals surface area (Å²) >= 11 is 0. The van der Waals surface area contributed by atoms with E-state index in [4.69, 9.17) is 0 Å². The molecule has 1 N–H and O–H groups in total. The summed E-state index contributed by atoms with van der Waals surface area (Å²) in [5.74, 6) is 0.886. The van der Waals surface area contributed by atoms with Gasteiger partial charge in [-0.15, -0.1) is 0 Å². The van der Waals surface area contributed by atoms with Crippen molar-refractivity contribution in [2.75, 3.05) is 39.8 Å². The van der Waals surface area contributed by atoms with Crippen LogP contribution >= 0.6 is 0 Å². The number of piperidine rings is 1. The number of nitrogens with one attached hydrogen (secondary N) is 1. The maximum atomic E-state index is 3.52. The van der Waals surface area contributed by atoms with Crippen molar-refractivity contribution in [3.05, 3.63) is 0 Å². The first-order valence-electron chi connectivity index (χ1n) is 6.82. The van der Waals surface area contributed by atoms with Gasteiger partial charge in [-0.1, -0.05) is 0 Å². The largest absolute Gasteiger partial charge is 0.316 e. The lowest BCUT2D eigenvalue weighted by molar-refractivity contribution is 0.0481. The van der Waals surface area contributed by atoms with Gasteiger partial charge in [-0.2, -0.15) is 0 Å². The van der Waals surface area contributed by atoms with E-state index in [0.29, 0.717) is 12.1 Å². The average Bonchev–Trinajstić information content (AvgIpc) is 2.27. The third-order valence-electron chi connectivity index (χ3n) is 4.35. The molecule has 0 aromatic carbocycles. The van der Waals surface area contributed by atoms with Gasteiger partial charge in [0.1, 0.15) is 0 Å². The quantitative estimate of drug-likeness (QED) is 0.757. The first kappa shape index (κ1) is 12.3. The fraction of sp³-hybridized carbons (Fsp3) is 1.00. The molecule has 0 amide bonds. The zero-order valence-electron chi connectivity index (χ0n) is 11.1. The van der Waals surface area contributed by atoms with Crippen LogP contribution in [0, 0.1) is 5.92 Å². The first-order chi connectivity index (χ1) is 7.66. The Morgan fingerprint density at radius 1 is 1.19 bits per heavy atom. The summed E-state index contributed by atoms with van der Waals surface area (Å²) in [6.07, 6.45) is 2.78. The lowest BCUT2D eigenvalue weighted by Gasteiger charge is -2.43. The van der Waals surface area contributed by atoms with E-state index in [-0.39, 0.29) is 0 Å². The predicted octanol–water partition coefficient (Wildman–Crippen LogP) is 1.01. The maximum Gasteiger partial charge on any atom is 0.0195 e. The third kappa shape index (κ3) is 2.96. The number of hydrogen-bond donors (Lipinski definition) is 1. The fourth-order valence-corrected chi connectivity index (χ4v) is 3.11. The number of nitrogens with zero attached hydrogens (tertiary/aromatic N) is 2. The van der Waals surface area contributed by atoms with Crippen molar-refractivity contribution in [3.8, 4) is 0 Å². The number of rotatable bonds is 2. The van der Waals surface area contributed by atoms with Gasteiger partial charge >= 0.3 is 0 Å². The molecule has 3 unspecified atom stereocenters. The van der Waals surface area contributed by atoms with Gasteiger partial charge < -0.3 is 5.32 Å². The molecule has 0 bridgehead atoms. The lowest BCUT2D eigenvalue weighted by Crippen LogP contribution is -2.56. The summed E-state index contributed by atoms with van der Waals surface area (Å²) < 4.78 is 0. The van der Waals surface area contributed by atoms with Gasteiger partial charge in [0.05, 0.1) is 0 Å². The molecule has 2 aliphatic heterocycles. The van der Waals surface area contributed by atoms with Gasteiger partial charge in [-0.25, -0.2) is 0 Å². The minimum Gasteiger partial charge on any atom is -0.316 e. The molecule has 0 radical (unpaired) electrons. The van der Waals surface area contributed by atoms with Crippen molar-refractivity contribution in [3.63, 3.8) is 0 Å². The van der Waals surface area contributed by atoms with Crippen LogP contribution < -0.4 is 5.32 Å². The minimum atomic E-state index is 0.709. The van der Waals surface area contributed by atoms with Crippen molar-refractivity contribution in [1.82, 2.24) is 15.1 Å². The molecule has 94 valence electrons. The smallest absolute Gasteiger partial charge is 0.0195 e. The topological polar surface area (TPSA) is 18.5 Å². The molecule has 0 aliphatic carbocycles. The first-order valence-corrected chi connectivity index (χ1v) is 6.82. The summed E-state index contributed by atoms with van der Waals surface area (Å²) in [6, 6.07) is 1.42. The Balaban J connectivity index is 1.81. The molecule has 2 rings (SSSR count). The van der Waals surface area contributed by atoms with E-state index in [1.165, 1.54) is 45.6 Å². The Morgan fingerprint density at radius 3 is 2.44 bits per heavy atom. The second-order valence-electron chi connectivity index (χ2n) is 5.79. The van der Waals surface area contributed by atoms with E-state index < -0.39 is 0 Å². The standard InChI is InChI=1S/C13H27N3/c1-11-8-16(9-12(2)15(11)3)10-13-5-4-6-14-7-13/h11-14H,4-10H2,1-3H3. The Bertz CT molecular complexity index is 201. The highest BCUT2D eigenvalue weighted by Crippen LogP contribution is 2.17. The summed E-state index contributed by atoms with van der Waals surface area (Å²) in [7, 11) is 2.26. The number of piperazine rings is 1. The van der Waals surface area contributed by atoms with Gasteiger partial charge in [-0.3, -0.25) is 9.80 Å². The van der Waals surface area contributed by atoms with Gasteiger partial charge in [-0.05, 0) is 52.7 Å². The van der Waals surface area contributed by atoms with Crippen LogP contribution in [0.3, 0.4) is 0 Å². The normalized spacial score (nSPS) is 38.8. The zero-order valence-corrected chi connectivity index (χ0v) is 11.1. The third-order valence-corrected chi connectivity index (χ3v) is 4.35. The van der Waals surface area contributed by atoms with Crippen molar-refractivity contribution in [1.29, 1.82) is 0 Å². The fourth-order valence-electron chi connectivity index (χ4n) is 3.11. The molecule has 0 aromatic rings. The molecular formula is C13H27N3. The molecule has 3 heteroatoms. The van der Waals surface area contributed by atoms with Crippen LogP contribution in [0.5, 0.6) is 0 Å². The van der Waals surface area contributed by atoms with Gasteiger partial charge in [0.15, 0.2) is 0 Å². The molecular weight excluding hydrogens is 198 g/mol. The highest BCUT2D eigenvalue weighted by molar-refractivity contribution is 4.84. The van der Waals surface area contributed by atoms with Crippen LogP contribution in [0.2, 0.25) is 0 Å². The lowest BCUT2D eigenvalue weighted by atomic mass is 9.98. The van der Waals surface area contributed by atoms with Crippen LogP contribution in [-0.4, -0.2) is 61.7 Å². The van der Waals surface area contributed by atoms with E-state index in [2.05, 4.69) is 36.0 Å². The maximum absolute atomic E-state index is 3.52. The minimum absolute atomic E-state index is 0.709. The molecule has 3 atom stereocenters. The molecule has 0 saturated carbocycles. The van der Waals surface area contributed by atoms with Gasteiger partial charge in [0, 0.05) is 31.7 Å².